The monoisotopic (exact) mass is 469 g/mol. The summed E-state index contributed by atoms with van der Waals surface area (Å²) in [5.74, 6) is -1.40. The zero-order valence-electron chi connectivity index (χ0n) is 19.6. The van der Waals surface area contributed by atoms with Crippen LogP contribution in [0.1, 0.15) is 30.5 Å². The number of imide groups is 1. The van der Waals surface area contributed by atoms with E-state index in [-0.39, 0.29) is 13.1 Å². The smallest absolute Gasteiger partial charge is 0.341 e. The zero-order valence-corrected chi connectivity index (χ0v) is 19.6. The minimum atomic E-state index is -1.12. The van der Waals surface area contributed by atoms with Gasteiger partial charge >= 0.3 is 18.0 Å². The largest absolute Gasteiger partial charge is 0.493 e. The number of amides is 4. The van der Waals surface area contributed by atoms with Crippen LogP contribution in [-0.2, 0) is 11.3 Å². The fourth-order valence-corrected chi connectivity index (χ4v) is 2.89. The number of hydrazine groups is 2. The number of aryl methyl sites for hydroxylation is 1. The van der Waals surface area contributed by atoms with Crippen LogP contribution in [0.15, 0.2) is 49.0 Å². The van der Waals surface area contributed by atoms with E-state index in [4.69, 9.17) is 4.74 Å². The van der Waals surface area contributed by atoms with Crippen molar-refractivity contribution in [1.29, 1.82) is 0 Å². The number of carbonyl (C=O) groups excluding carboxylic acids is 2. The molecule has 0 aliphatic carbocycles. The molecule has 0 fully saturated rings. The fourth-order valence-electron chi connectivity index (χ4n) is 2.89. The number of carbonyl (C=O) groups is 3. The van der Waals surface area contributed by atoms with Crippen LogP contribution in [0.4, 0.5) is 15.3 Å². The van der Waals surface area contributed by atoms with Crippen molar-refractivity contribution in [3.05, 3.63) is 65.7 Å². The Labute approximate surface area is 198 Å². The van der Waals surface area contributed by atoms with Crippen LogP contribution in [0.3, 0.4) is 0 Å². The van der Waals surface area contributed by atoms with Crippen LogP contribution in [0.2, 0.25) is 0 Å². The van der Waals surface area contributed by atoms with Crippen molar-refractivity contribution in [3.63, 3.8) is 0 Å². The normalized spacial score (nSPS) is 11.1. The number of aliphatic carboxylic acids is 1. The summed E-state index contributed by atoms with van der Waals surface area (Å²) in [6, 6.07) is 11.2. The third-order valence-electron chi connectivity index (χ3n) is 4.84. The van der Waals surface area contributed by atoms with Gasteiger partial charge < -0.3 is 20.6 Å². The maximum Gasteiger partial charge on any atom is 0.341 e. The molecule has 182 valence electrons. The average molecular weight is 470 g/mol. The predicted molar refractivity (Wildman–Crippen MR) is 130 cm³/mol. The van der Waals surface area contributed by atoms with Gasteiger partial charge in [-0.3, -0.25) is 10.2 Å². The molecule has 2 aromatic rings. The molecular formula is C24H31N5O5. The Morgan fingerprint density at radius 2 is 1.85 bits per heavy atom. The molecule has 4 amide bonds. The molecule has 2 aromatic carbocycles. The number of rotatable bonds is 11. The molecule has 34 heavy (non-hydrogen) atoms. The summed E-state index contributed by atoms with van der Waals surface area (Å²) < 4.78 is 5.51. The molecule has 1 unspecified atom stereocenters. The molecule has 10 heteroatoms. The van der Waals surface area contributed by atoms with Crippen molar-refractivity contribution in [3.8, 4) is 5.75 Å². The molecule has 0 aliphatic rings. The van der Waals surface area contributed by atoms with Gasteiger partial charge in [0.15, 0.2) is 0 Å². The molecule has 0 saturated carbocycles. The van der Waals surface area contributed by atoms with Gasteiger partial charge in [0.1, 0.15) is 5.75 Å². The van der Waals surface area contributed by atoms with Gasteiger partial charge in [-0.1, -0.05) is 49.4 Å². The highest BCUT2D eigenvalue weighted by Gasteiger charge is 2.26. The Morgan fingerprint density at radius 1 is 1.15 bits per heavy atom. The number of benzene rings is 2. The summed E-state index contributed by atoms with van der Waals surface area (Å²) in [7, 11) is 0. The lowest BCUT2D eigenvalue weighted by molar-refractivity contribution is -0.141. The standard InChI is InChI=1S/C24H31N5O5/c1-5-19-13-20(11-12-21(19)34-6-2)26-28-27-24(33)29(15-17(4)22(30)31)23(32)25-14-18-9-7-16(3)8-10-18/h5,7-13,17,26,28H,1,6,14-15H2,2-4H3,(H,25,32)(H,27,33)(H,30,31). The number of carboxylic acid groups (broad SMARTS) is 1. The number of ether oxygens (including phenoxy) is 1. The van der Waals surface area contributed by atoms with Crippen molar-refractivity contribution < 1.29 is 24.2 Å². The SMILES string of the molecule is C=Cc1cc(NNNC(=O)N(CC(C)C(=O)O)C(=O)NCc2ccc(C)cc2)ccc1OCC. The Hall–Kier alpha value is -4.05. The summed E-state index contributed by atoms with van der Waals surface area (Å²) >= 11 is 0. The van der Waals surface area contributed by atoms with E-state index in [0.717, 1.165) is 21.6 Å². The van der Waals surface area contributed by atoms with Crippen LogP contribution in [0, 0.1) is 12.8 Å². The third-order valence-corrected chi connectivity index (χ3v) is 4.84. The van der Waals surface area contributed by atoms with Gasteiger partial charge in [0, 0.05) is 18.7 Å². The van der Waals surface area contributed by atoms with Gasteiger partial charge in [0.05, 0.1) is 18.2 Å². The first kappa shape index (κ1) is 26.2. The van der Waals surface area contributed by atoms with Gasteiger partial charge in [-0.25, -0.2) is 14.5 Å². The summed E-state index contributed by atoms with van der Waals surface area (Å²) in [6.07, 6.45) is 1.64. The third kappa shape index (κ3) is 7.82. The van der Waals surface area contributed by atoms with Gasteiger partial charge in [0.2, 0.25) is 0 Å². The topological polar surface area (TPSA) is 132 Å². The molecular weight excluding hydrogens is 438 g/mol. The molecule has 0 heterocycles. The molecule has 0 spiro atoms. The summed E-state index contributed by atoms with van der Waals surface area (Å²) in [5.41, 5.74) is 11.0. The van der Waals surface area contributed by atoms with E-state index < -0.39 is 23.9 Å². The van der Waals surface area contributed by atoms with E-state index in [1.165, 1.54) is 6.92 Å². The summed E-state index contributed by atoms with van der Waals surface area (Å²) in [6.45, 7) is 9.39. The van der Waals surface area contributed by atoms with E-state index in [1.807, 2.05) is 38.1 Å². The first-order chi connectivity index (χ1) is 16.2. The molecule has 10 nitrogen and oxygen atoms in total. The number of carboxylic acids is 1. The lowest BCUT2D eigenvalue weighted by atomic mass is 10.1. The lowest BCUT2D eigenvalue weighted by Crippen LogP contribution is -2.54. The molecule has 0 radical (unpaired) electrons. The first-order valence-electron chi connectivity index (χ1n) is 10.8. The van der Waals surface area contributed by atoms with Crippen molar-refractivity contribution in [2.75, 3.05) is 18.6 Å². The van der Waals surface area contributed by atoms with Crippen molar-refractivity contribution >= 4 is 29.8 Å². The van der Waals surface area contributed by atoms with E-state index >= 15 is 0 Å². The number of nitrogens with zero attached hydrogens (tertiary/aromatic N) is 1. The first-order valence-corrected chi connectivity index (χ1v) is 10.8. The molecule has 0 aliphatic heterocycles. The van der Waals surface area contributed by atoms with E-state index in [9.17, 15) is 19.5 Å². The quantitative estimate of drug-likeness (QED) is 0.318. The highest BCUT2D eigenvalue weighted by molar-refractivity contribution is 5.93. The fraction of sp³-hybridized carbons (Fsp3) is 0.292. The van der Waals surface area contributed by atoms with Crippen LogP contribution in [0.25, 0.3) is 6.08 Å². The second-order valence-electron chi connectivity index (χ2n) is 7.56. The summed E-state index contributed by atoms with van der Waals surface area (Å²) in [4.78, 5) is 37.4. The minimum absolute atomic E-state index is 0.187. The minimum Gasteiger partial charge on any atom is -0.493 e. The van der Waals surface area contributed by atoms with Crippen LogP contribution in [0.5, 0.6) is 5.75 Å². The molecule has 0 bridgehead atoms. The van der Waals surface area contributed by atoms with Crippen LogP contribution < -0.4 is 26.4 Å². The molecule has 0 saturated heterocycles. The number of hydrogen-bond donors (Lipinski definition) is 5. The Bertz CT molecular complexity index is 1010. The number of anilines is 1. The van der Waals surface area contributed by atoms with Crippen molar-refractivity contribution in [1.82, 2.24) is 21.2 Å². The van der Waals surface area contributed by atoms with Gasteiger partial charge in [-0.15, -0.1) is 5.53 Å². The zero-order chi connectivity index (χ0) is 25.1. The van der Waals surface area contributed by atoms with Gasteiger partial charge in [-0.2, -0.15) is 0 Å². The van der Waals surface area contributed by atoms with E-state index in [2.05, 4.69) is 28.3 Å². The van der Waals surface area contributed by atoms with Gasteiger partial charge in [-0.05, 0) is 37.6 Å². The average Bonchev–Trinajstić information content (AvgIpc) is 2.82. The maximum atomic E-state index is 12.7. The molecule has 2 rings (SSSR count). The molecule has 0 aromatic heterocycles. The lowest BCUT2D eigenvalue weighted by Gasteiger charge is -2.24. The van der Waals surface area contributed by atoms with Crippen molar-refractivity contribution in [2.24, 2.45) is 5.92 Å². The highest BCUT2D eigenvalue weighted by atomic mass is 16.5. The maximum absolute atomic E-state index is 12.7. The number of nitrogens with one attached hydrogen (secondary N) is 4. The van der Waals surface area contributed by atoms with Gasteiger partial charge in [0.25, 0.3) is 0 Å². The van der Waals surface area contributed by atoms with E-state index in [0.29, 0.717) is 18.0 Å². The predicted octanol–water partition coefficient (Wildman–Crippen LogP) is 3.51. The molecule has 1 atom stereocenters. The number of hydrogen-bond acceptors (Lipinski definition) is 6. The van der Waals surface area contributed by atoms with E-state index in [1.54, 1.807) is 24.3 Å². The second-order valence-corrected chi connectivity index (χ2v) is 7.56. The number of urea groups is 2. The van der Waals surface area contributed by atoms with Crippen LogP contribution in [-0.4, -0.2) is 41.2 Å². The summed E-state index contributed by atoms with van der Waals surface area (Å²) in [5, 5.41) is 11.9. The highest BCUT2D eigenvalue weighted by Crippen LogP contribution is 2.23. The Balaban J connectivity index is 2.00. The van der Waals surface area contributed by atoms with Crippen molar-refractivity contribution in [2.45, 2.75) is 27.3 Å². The molecule has 5 N–H and O–H groups in total. The Kier molecular flexibility index (Phi) is 9.90. The van der Waals surface area contributed by atoms with Crippen LogP contribution >= 0.6 is 0 Å². The Morgan fingerprint density at radius 3 is 2.47 bits per heavy atom. The second kappa shape index (κ2) is 12.9.